The third kappa shape index (κ3) is 2.61. The number of aliphatic carboxylic acids is 1. The maximum atomic E-state index is 10.9. The lowest BCUT2D eigenvalue weighted by Gasteiger charge is -2.22. The number of aromatic nitrogens is 2. The van der Waals surface area contributed by atoms with E-state index >= 15 is 0 Å². The second kappa shape index (κ2) is 4.89. The Hall–Kier alpha value is -1.49. The van der Waals surface area contributed by atoms with Crippen molar-refractivity contribution in [2.45, 2.75) is 38.0 Å². The summed E-state index contributed by atoms with van der Waals surface area (Å²) in [5.74, 6) is 0.133. The van der Waals surface area contributed by atoms with Gasteiger partial charge in [-0.25, -0.2) is 9.97 Å². The molecule has 5 nitrogen and oxygen atoms in total. The lowest BCUT2D eigenvalue weighted by atomic mass is 9.96. The number of carboxylic acids is 1. The maximum absolute atomic E-state index is 10.9. The summed E-state index contributed by atoms with van der Waals surface area (Å²) in [4.78, 5) is 20.0. The fraction of sp³-hybridized carbons (Fsp3) is 0.643. The van der Waals surface area contributed by atoms with Gasteiger partial charge in [-0.3, -0.25) is 4.79 Å². The molecular weight excluding hydrogens is 244 g/mol. The van der Waals surface area contributed by atoms with Crippen LogP contribution < -0.4 is 0 Å². The highest BCUT2D eigenvalue weighted by Crippen LogP contribution is 2.46. The van der Waals surface area contributed by atoms with Crippen LogP contribution in [-0.4, -0.2) is 34.3 Å². The number of carboxylic acid groups (broad SMARTS) is 1. The number of rotatable bonds is 3. The Morgan fingerprint density at radius 2 is 2.11 bits per heavy atom. The number of nitrogens with zero attached hydrogens (tertiary/aromatic N) is 2. The summed E-state index contributed by atoms with van der Waals surface area (Å²) < 4.78 is 5.37. The van der Waals surface area contributed by atoms with Gasteiger partial charge in [-0.2, -0.15) is 0 Å². The van der Waals surface area contributed by atoms with Gasteiger partial charge in [-0.05, 0) is 32.3 Å². The smallest absolute Gasteiger partial charge is 0.307 e. The molecule has 1 saturated carbocycles. The zero-order valence-electron chi connectivity index (χ0n) is 11.0. The topological polar surface area (TPSA) is 72.3 Å². The summed E-state index contributed by atoms with van der Waals surface area (Å²) in [6.07, 6.45) is 2.65. The Morgan fingerprint density at radius 1 is 1.37 bits per heavy atom. The first-order valence-corrected chi connectivity index (χ1v) is 6.81. The molecule has 19 heavy (non-hydrogen) atoms. The van der Waals surface area contributed by atoms with E-state index in [0.717, 1.165) is 37.4 Å². The van der Waals surface area contributed by atoms with Crippen LogP contribution in [0, 0.1) is 12.8 Å². The van der Waals surface area contributed by atoms with Crippen molar-refractivity contribution in [1.29, 1.82) is 0 Å². The summed E-state index contributed by atoms with van der Waals surface area (Å²) >= 11 is 0. The van der Waals surface area contributed by atoms with Gasteiger partial charge in [0.2, 0.25) is 0 Å². The van der Waals surface area contributed by atoms with E-state index in [2.05, 4.69) is 9.97 Å². The monoisotopic (exact) mass is 262 g/mol. The van der Waals surface area contributed by atoms with Crippen molar-refractivity contribution < 1.29 is 14.6 Å². The molecule has 0 bridgehead atoms. The highest BCUT2D eigenvalue weighted by atomic mass is 16.5. The molecule has 1 aliphatic heterocycles. The van der Waals surface area contributed by atoms with Gasteiger partial charge in [0.15, 0.2) is 0 Å². The molecular formula is C14H18N2O3. The Labute approximate surface area is 112 Å². The highest BCUT2D eigenvalue weighted by molar-refractivity contribution is 5.74. The Balaban J connectivity index is 1.82. The Morgan fingerprint density at radius 3 is 2.74 bits per heavy atom. The molecule has 2 atom stereocenters. The Kier molecular flexibility index (Phi) is 3.22. The van der Waals surface area contributed by atoms with E-state index in [0.29, 0.717) is 18.2 Å². The van der Waals surface area contributed by atoms with Crippen molar-refractivity contribution >= 4 is 5.97 Å². The average molecular weight is 262 g/mol. The second-order valence-electron chi connectivity index (χ2n) is 5.47. The van der Waals surface area contributed by atoms with E-state index in [1.54, 1.807) is 0 Å². The zero-order valence-corrected chi connectivity index (χ0v) is 11.0. The van der Waals surface area contributed by atoms with Gasteiger partial charge in [0.05, 0.1) is 5.92 Å². The first kappa shape index (κ1) is 12.5. The van der Waals surface area contributed by atoms with Gasteiger partial charge < -0.3 is 9.84 Å². The summed E-state index contributed by atoms with van der Waals surface area (Å²) in [6.45, 7) is 3.51. The van der Waals surface area contributed by atoms with Gasteiger partial charge >= 0.3 is 5.97 Å². The quantitative estimate of drug-likeness (QED) is 0.900. The zero-order chi connectivity index (χ0) is 13.4. The number of carbonyl (C=O) groups is 1. The third-order valence-electron chi connectivity index (χ3n) is 3.97. The molecule has 5 heteroatoms. The fourth-order valence-corrected chi connectivity index (χ4v) is 2.74. The van der Waals surface area contributed by atoms with E-state index in [9.17, 15) is 4.79 Å². The van der Waals surface area contributed by atoms with Gasteiger partial charge in [0.25, 0.3) is 0 Å². The first-order chi connectivity index (χ1) is 9.15. The Bertz CT molecular complexity index is 497. The molecule has 102 valence electrons. The van der Waals surface area contributed by atoms with Crippen LogP contribution in [0.4, 0.5) is 0 Å². The largest absolute Gasteiger partial charge is 0.481 e. The lowest BCUT2D eigenvalue weighted by Crippen LogP contribution is -2.16. The van der Waals surface area contributed by atoms with Crippen molar-refractivity contribution in [3.8, 4) is 0 Å². The molecule has 0 amide bonds. The molecule has 1 aromatic rings. The van der Waals surface area contributed by atoms with Crippen LogP contribution in [0.1, 0.15) is 48.3 Å². The lowest BCUT2D eigenvalue weighted by molar-refractivity contribution is -0.138. The molecule has 0 radical (unpaired) electrons. The summed E-state index contributed by atoms with van der Waals surface area (Å²) in [6, 6.07) is 2.03. The molecule has 1 saturated heterocycles. The normalized spacial score (nSPS) is 27.2. The number of hydrogen-bond acceptors (Lipinski definition) is 4. The molecule has 2 fully saturated rings. The van der Waals surface area contributed by atoms with Crippen LogP contribution in [0.5, 0.6) is 0 Å². The van der Waals surface area contributed by atoms with Crippen LogP contribution in [0.15, 0.2) is 6.07 Å². The summed E-state index contributed by atoms with van der Waals surface area (Å²) in [5.41, 5.74) is 1.99. The molecule has 3 rings (SSSR count). The van der Waals surface area contributed by atoms with E-state index in [4.69, 9.17) is 9.84 Å². The molecule has 0 aromatic carbocycles. The fourth-order valence-electron chi connectivity index (χ4n) is 2.74. The van der Waals surface area contributed by atoms with Crippen LogP contribution in [0.3, 0.4) is 0 Å². The number of ether oxygens (including phenoxy) is 1. The van der Waals surface area contributed by atoms with E-state index in [-0.39, 0.29) is 11.8 Å². The minimum absolute atomic E-state index is 0.0102. The molecule has 2 aliphatic rings. The third-order valence-corrected chi connectivity index (χ3v) is 3.97. The van der Waals surface area contributed by atoms with Crippen molar-refractivity contribution in [1.82, 2.24) is 9.97 Å². The molecule has 1 aliphatic carbocycles. The molecule has 1 aromatic heterocycles. The highest BCUT2D eigenvalue weighted by Gasteiger charge is 2.46. The van der Waals surface area contributed by atoms with Gasteiger partial charge in [-0.1, -0.05) is 0 Å². The van der Waals surface area contributed by atoms with Gasteiger partial charge in [-0.15, -0.1) is 0 Å². The minimum atomic E-state index is -0.734. The first-order valence-electron chi connectivity index (χ1n) is 6.81. The van der Waals surface area contributed by atoms with Gasteiger partial charge in [0, 0.05) is 36.4 Å². The van der Waals surface area contributed by atoms with Crippen LogP contribution in [0.25, 0.3) is 0 Å². The van der Waals surface area contributed by atoms with Crippen LogP contribution in [0.2, 0.25) is 0 Å². The number of aryl methyl sites for hydroxylation is 1. The van der Waals surface area contributed by atoms with Crippen molar-refractivity contribution in [2.75, 3.05) is 13.2 Å². The average Bonchev–Trinajstić information content (AvgIpc) is 3.19. The minimum Gasteiger partial charge on any atom is -0.481 e. The second-order valence-corrected chi connectivity index (χ2v) is 5.47. The molecule has 2 heterocycles. The predicted molar refractivity (Wildman–Crippen MR) is 68.0 cm³/mol. The van der Waals surface area contributed by atoms with Crippen LogP contribution in [-0.2, 0) is 9.53 Å². The molecule has 2 unspecified atom stereocenters. The molecule has 1 N–H and O–H groups in total. The SMILES string of the molecule is Cc1cc(C2CCOCC2)nc(C2CC2C(=O)O)n1. The predicted octanol–water partition coefficient (Wildman–Crippen LogP) is 1.87. The van der Waals surface area contributed by atoms with E-state index < -0.39 is 5.97 Å². The van der Waals surface area contributed by atoms with Crippen LogP contribution >= 0.6 is 0 Å². The van der Waals surface area contributed by atoms with E-state index in [1.807, 2.05) is 13.0 Å². The van der Waals surface area contributed by atoms with Crippen molar-refractivity contribution in [3.63, 3.8) is 0 Å². The van der Waals surface area contributed by atoms with Crippen molar-refractivity contribution in [2.24, 2.45) is 5.92 Å². The van der Waals surface area contributed by atoms with Crippen molar-refractivity contribution in [3.05, 3.63) is 23.3 Å². The maximum Gasteiger partial charge on any atom is 0.307 e. The summed E-state index contributed by atoms with van der Waals surface area (Å²) in [7, 11) is 0. The summed E-state index contributed by atoms with van der Waals surface area (Å²) in [5, 5.41) is 9.00. The van der Waals surface area contributed by atoms with Gasteiger partial charge in [0.1, 0.15) is 5.82 Å². The number of hydrogen-bond donors (Lipinski definition) is 1. The van der Waals surface area contributed by atoms with E-state index in [1.165, 1.54) is 0 Å². The molecule has 0 spiro atoms. The standard InChI is InChI=1S/C14H18N2O3/c1-8-6-12(9-2-4-19-5-3-9)16-13(15-8)10-7-11(10)14(17)18/h6,9-11H,2-5,7H2,1H3,(H,17,18).